The number of rotatable bonds is 6. The highest BCUT2D eigenvalue weighted by Crippen LogP contribution is 2.19. The fraction of sp³-hybridized carbons (Fsp3) is 0.526. The maximum atomic E-state index is 4.61. The summed E-state index contributed by atoms with van der Waals surface area (Å²) in [7, 11) is 1.85. The van der Waals surface area contributed by atoms with Crippen molar-refractivity contribution in [2.24, 2.45) is 4.99 Å². The Bertz CT molecular complexity index is 962. The third-order valence-corrected chi connectivity index (χ3v) is 5.89. The van der Waals surface area contributed by atoms with Crippen molar-refractivity contribution in [1.82, 2.24) is 34.2 Å². The van der Waals surface area contributed by atoms with Crippen LogP contribution in [-0.2, 0) is 12.8 Å². The van der Waals surface area contributed by atoms with Crippen LogP contribution in [0.4, 0.5) is 5.13 Å². The number of aromatic nitrogens is 5. The van der Waals surface area contributed by atoms with Crippen molar-refractivity contribution in [2.75, 3.05) is 44.7 Å². The Morgan fingerprint density at radius 2 is 2.03 bits per heavy atom. The largest absolute Gasteiger partial charge is 0.356 e. The molecule has 1 N–H and O–H groups in total. The van der Waals surface area contributed by atoms with E-state index in [0.29, 0.717) is 0 Å². The molecule has 1 aliphatic heterocycles. The number of hydrogen-bond donors (Lipinski definition) is 1. The average molecular weight is 541 g/mol. The first-order valence-electron chi connectivity index (χ1n) is 10.1. The topological polar surface area (TPSA) is 86.8 Å². The normalized spacial score (nSPS) is 14.8. The van der Waals surface area contributed by atoms with E-state index in [1.54, 1.807) is 0 Å². The molecule has 0 aromatic carbocycles. The molecule has 4 rings (SSSR count). The lowest BCUT2D eigenvalue weighted by molar-refractivity contribution is 0.372. The average Bonchev–Trinajstić information content (AvgIpc) is 3.41. The van der Waals surface area contributed by atoms with Crippen molar-refractivity contribution in [2.45, 2.75) is 26.2 Å². The molecule has 0 radical (unpaired) electrons. The highest BCUT2D eigenvalue weighted by atomic mass is 127. The van der Waals surface area contributed by atoms with Crippen LogP contribution in [0.25, 0.3) is 5.65 Å². The molecule has 9 nitrogen and oxygen atoms in total. The number of halogens is 1. The van der Waals surface area contributed by atoms with Gasteiger partial charge in [-0.3, -0.25) is 9.39 Å². The summed E-state index contributed by atoms with van der Waals surface area (Å²) in [5, 5.41) is 13.0. The summed E-state index contributed by atoms with van der Waals surface area (Å²) >= 11 is 1.50. The van der Waals surface area contributed by atoms with Gasteiger partial charge in [0, 0.05) is 70.3 Å². The highest BCUT2D eigenvalue weighted by Gasteiger charge is 2.21. The third-order valence-electron chi connectivity index (χ3n) is 5.08. The van der Waals surface area contributed by atoms with Gasteiger partial charge >= 0.3 is 0 Å². The summed E-state index contributed by atoms with van der Waals surface area (Å²) in [5.74, 6) is 2.89. The van der Waals surface area contributed by atoms with Crippen molar-refractivity contribution in [3.63, 3.8) is 0 Å². The number of piperazine rings is 1. The second-order valence-electron chi connectivity index (χ2n) is 6.94. The highest BCUT2D eigenvalue weighted by molar-refractivity contribution is 14.0. The first-order chi connectivity index (χ1) is 14.3. The van der Waals surface area contributed by atoms with Gasteiger partial charge in [0.05, 0.1) is 0 Å². The summed E-state index contributed by atoms with van der Waals surface area (Å²) in [5.41, 5.74) is 0.894. The van der Waals surface area contributed by atoms with Crippen LogP contribution >= 0.6 is 35.5 Å². The summed E-state index contributed by atoms with van der Waals surface area (Å²) in [6.45, 7) is 6.66. The molecule has 3 aromatic heterocycles. The molecule has 0 amide bonds. The van der Waals surface area contributed by atoms with E-state index in [1.165, 1.54) is 11.5 Å². The first-order valence-corrected chi connectivity index (χ1v) is 10.9. The number of aryl methyl sites for hydroxylation is 2. The Hall–Kier alpha value is -2.02. The van der Waals surface area contributed by atoms with Gasteiger partial charge in [0.1, 0.15) is 11.6 Å². The van der Waals surface area contributed by atoms with Gasteiger partial charge in [-0.15, -0.1) is 34.2 Å². The molecular formula is C19H28IN9S. The second-order valence-corrected chi connectivity index (χ2v) is 7.67. The Labute approximate surface area is 197 Å². The molecule has 3 aromatic rings. The Balaban J connectivity index is 0.00000256. The molecular weight excluding hydrogens is 513 g/mol. The SMILES string of the molecule is CCc1nsc(N2CCN(C(=NC)NCCCc3nnc4ccccn34)CC2)n1.I. The van der Waals surface area contributed by atoms with Gasteiger partial charge < -0.3 is 15.1 Å². The van der Waals surface area contributed by atoms with E-state index in [4.69, 9.17) is 0 Å². The van der Waals surface area contributed by atoms with Gasteiger partial charge in [0.2, 0.25) is 5.13 Å². The van der Waals surface area contributed by atoms with Crippen LogP contribution in [0.5, 0.6) is 0 Å². The molecule has 0 spiro atoms. The van der Waals surface area contributed by atoms with E-state index in [-0.39, 0.29) is 24.0 Å². The van der Waals surface area contributed by atoms with E-state index in [0.717, 1.165) is 80.4 Å². The maximum absolute atomic E-state index is 4.61. The van der Waals surface area contributed by atoms with Crippen LogP contribution in [0, 0.1) is 0 Å². The molecule has 0 aliphatic carbocycles. The van der Waals surface area contributed by atoms with E-state index in [2.05, 4.69) is 46.6 Å². The van der Waals surface area contributed by atoms with E-state index in [9.17, 15) is 0 Å². The Morgan fingerprint density at radius 3 is 2.77 bits per heavy atom. The lowest BCUT2D eigenvalue weighted by Gasteiger charge is -2.36. The molecule has 1 fully saturated rings. The molecule has 162 valence electrons. The van der Waals surface area contributed by atoms with Crippen LogP contribution < -0.4 is 10.2 Å². The molecule has 1 aliphatic rings. The van der Waals surface area contributed by atoms with Gasteiger partial charge in [-0.25, -0.2) is 4.98 Å². The van der Waals surface area contributed by atoms with Crippen LogP contribution in [-0.4, -0.2) is 74.6 Å². The molecule has 4 heterocycles. The quantitative estimate of drug-likeness (QED) is 0.221. The zero-order chi connectivity index (χ0) is 20.1. The fourth-order valence-corrected chi connectivity index (χ4v) is 4.27. The van der Waals surface area contributed by atoms with Gasteiger partial charge in [-0.2, -0.15) is 4.37 Å². The van der Waals surface area contributed by atoms with Gasteiger partial charge in [-0.1, -0.05) is 13.0 Å². The minimum atomic E-state index is 0. The smallest absolute Gasteiger partial charge is 0.205 e. The Kier molecular flexibility index (Phi) is 8.19. The standard InChI is InChI=1S/C19H27N9S.HI/c1-3-15-22-19(29-25-15)27-13-11-26(12-14-27)18(20-2)21-9-6-8-17-24-23-16-7-4-5-10-28(16)17;/h4-5,7,10H,3,6,8-9,11-14H2,1-2H3,(H,20,21);1H. The van der Waals surface area contributed by atoms with Gasteiger partial charge in [-0.05, 0) is 18.6 Å². The zero-order valence-corrected chi connectivity index (χ0v) is 20.5. The number of nitrogens with one attached hydrogen (secondary N) is 1. The molecule has 30 heavy (non-hydrogen) atoms. The fourth-order valence-electron chi connectivity index (χ4n) is 3.47. The van der Waals surface area contributed by atoms with Crippen molar-refractivity contribution < 1.29 is 0 Å². The zero-order valence-electron chi connectivity index (χ0n) is 17.4. The number of pyridine rings is 1. The first kappa shape index (κ1) is 22.7. The predicted molar refractivity (Wildman–Crippen MR) is 131 cm³/mol. The summed E-state index contributed by atoms with van der Waals surface area (Å²) < 4.78 is 6.45. The van der Waals surface area contributed by atoms with E-state index < -0.39 is 0 Å². The number of guanidine groups is 1. The van der Waals surface area contributed by atoms with Crippen molar-refractivity contribution >= 4 is 52.2 Å². The number of fused-ring (bicyclic) bond motifs is 1. The van der Waals surface area contributed by atoms with Crippen LogP contribution in [0.2, 0.25) is 0 Å². The third kappa shape index (κ3) is 5.17. The second kappa shape index (κ2) is 10.8. The molecule has 11 heteroatoms. The summed E-state index contributed by atoms with van der Waals surface area (Å²) in [6.07, 6.45) is 4.74. The van der Waals surface area contributed by atoms with Gasteiger partial charge in [0.15, 0.2) is 11.6 Å². The number of hydrogen-bond acceptors (Lipinski definition) is 7. The number of aliphatic imine (C=N–C) groups is 1. The van der Waals surface area contributed by atoms with Crippen LogP contribution in [0.3, 0.4) is 0 Å². The maximum Gasteiger partial charge on any atom is 0.205 e. The summed E-state index contributed by atoms with van der Waals surface area (Å²) in [6, 6.07) is 5.96. The van der Waals surface area contributed by atoms with Crippen molar-refractivity contribution in [3.8, 4) is 0 Å². The minimum absolute atomic E-state index is 0. The van der Waals surface area contributed by atoms with E-state index in [1.807, 2.05) is 35.8 Å². The van der Waals surface area contributed by atoms with Crippen molar-refractivity contribution in [1.29, 1.82) is 0 Å². The Morgan fingerprint density at radius 1 is 1.20 bits per heavy atom. The molecule has 0 unspecified atom stereocenters. The number of nitrogens with zero attached hydrogens (tertiary/aromatic N) is 8. The molecule has 1 saturated heterocycles. The minimum Gasteiger partial charge on any atom is -0.356 e. The molecule has 0 atom stereocenters. The number of anilines is 1. The van der Waals surface area contributed by atoms with Crippen molar-refractivity contribution in [3.05, 3.63) is 36.0 Å². The van der Waals surface area contributed by atoms with Crippen LogP contribution in [0.1, 0.15) is 25.0 Å². The monoisotopic (exact) mass is 541 g/mol. The lowest BCUT2D eigenvalue weighted by Crippen LogP contribution is -2.52. The predicted octanol–water partition coefficient (Wildman–Crippen LogP) is 2.09. The molecule has 0 bridgehead atoms. The van der Waals surface area contributed by atoms with E-state index >= 15 is 0 Å². The van der Waals surface area contributed by atoms with Crippen LogP contribution in [0.15, 0.2) is 29.4 Å². The van der Waals surface area contributed by atoms with Gasteiger partial charge in [0.25, 0.3) is 0 Å². The lowest BCUT2D eigenvalue weighted by atomic mass is 10.3. The summed E-state index contributed by atoms with van der Waals surface area (Å²) in [4.78, 5) is 13.7. The molecule has 0 saturated carbocycles.